The van der Waals surface area contributed by atoms with Crippen LogP contribution in [-0.2, 0) is 13.0 Å². The molecule has 0 radical (unpaired) electrons. The molecule has 0 spiro atoms. The molecule has 1 aliphatic rings. The Bertz CT molecular complexity index is 1440. The number of fused-ring (bicyclic) bond motifs is 1. The standard InChI is InChI=1S/C25H20N8O2/c1-2-15-4-3-5-16(10-15)13-26-24(34)21-12-22(28-14-27-21)25(35)29-20-9-7-17-11-18(6-8-19(17)20)23-30-32-33-31-23/h1,3-6,8,10-12,14,20H,7,9,13H2,(H,26,34)(H,29,35)(H,30,31,32,33)/t20-/m1/s1. The van der Waals surface area contributed by atoms with E-state index >= 15 is 0 Å². The number of aryl methyl sites for hydroxylation is 1. The second kappa shape index (κ2) is 9.52. The molecular weight excluding hydrogens is 444 g/mol. The molecule has 3 N–H and O–H groups in total. The third-order valence-electron chi connectivity index (χ3n) is 5.81. The zero-order chi connectivity index (χ0) is 24.2. The first kappa shape index (κ1) is 21.9. The SMILES string of the molecule is C#Cc1cccc(CNC(=O)c2cc(C(=O)N[C@@H]3CCc4cc(-c5nn[nH]n5)ccc43)ncn2)c1. The van der Waals surface area contributed by atoms with E-state index in [-0.39, 0.29) is 29.9 Å². The van der Waals surface area contributed by atoms with Crippen molar-refractivity contribution in [2.75, 3.05) is 0 Å². The Balaban J connectivity index is 1.24. The number of hydrogen-bond acceptors (Lipinski definition) is 7. The smallest absolute Gasteiger partial charge is 0.270 e. The lowest BCUT2D eigenvalue weighted by atomic mass is 10.0. The number of H-pyrrole nitrogens is 1. The van der Waals surface area contributed by atoms with Crippen LogP contribution in [0.2, 0.25) is 0 Å². The van der Waals surface area contributed by atoms with Gasteiger partial charge >= 0.3 is 0 Å². The van der Waals surface area contributed by atoms with Crippen molar-refractivity contribution >= 4 is 11.8 Å². The quantitative estimate of drug-likeness (QED) is 0.371. The van der Waals surface area contributed by atoms with Crippen molar-refractivity contribution < 1.29 is 9.59 Å². The van der Waals surface area contributed by atoms with Crippen molar-refractivity contribution in [3.63, 3.8) is 0 Å². The fourth-order valence-electron chi connectivity index (χ4n) is 4.07. The summed E-state index contributed by atoms with van der Waals surface area (Å²) in [5.74, 6) is 2.31. The molecule has 1 atom stereocenters. The van der Waals surface area contributed by atoms with Crippen LogP contribution in [0.1, 0.15) is 55.7 Å². The zero-order valence-corrected chi connectivity index (χ0v) is 18.5. The lowest BCUT2D eigenvalue weighted by molar-refractivity contribution is 0.0931. The lowest BCUT2D eigenvalue weighted by Gasteiger charge is -2.14. The molecule has 10 nitrogen and oxygen atoms in total. The largest absolute Gasteiger partial charge is 0.347 e. The minimum absolute atomic E-state index is 0.106. The molecule has 0 aliphatic heterocycles. The minimum atomic E-state index is -0.409. The van der Waals surface area contributed by atoms with E-state index in [1.165, 1.54) is 12.4 Å². The predicted molar refractivity (Wildman–Crippen MR) is 126 cm³/mol. The number of rotatable bonds is 6. The molecule has 0 fully saturated rings. The first-order valence-corrected chi connectivity index (χ1v) is 10.9. The van der Waals surface area contributed by atoms with E-state index in [1.54, 1.807) is 0 Å². The van der Waals surface area contributed by atoms with Crippen LogP contribution in [0.4, 0.5) is 0 Å². The highest BCUT2D eigenvalue weighted by Gasteiger charge is 2.26. The van der Waals surface area contributed by atoms with Crippen LogP contribution in [0.5, 0.6) is 0 Å². The molecule has 0 saturated heterocycles. The molecule has 2 amide bonds. The number of aromatic amines is 1. The number of terminal acetylenes is 1. The van der Waals surface area contributed by atoms with Gasteiger partial charge in [-0.05, 0) is 52.9 Å². The fourth-order valence-corrected chi connectivity index (χ4v) is 4.07. The molecule has 0 unspecified atom stereocenters. The summed E-state index contributed by atoms with van der Waals surface area (Å²) in [5, 5.41) is 19.9. The van der Waals surface area contributed by atoms with E-state index in [0.717, 1.165) is 40.7 Å². The summed E-state index contributed by atoms with van der Waals surface area (Å²) in [4.78, 5) is 33.6. The first-order chi connectivity index (χ1) is 17.1. The summed E-state index contributed by atoms with van der Waals surface area (Å²) in [6.07, 6.45) is 8.20. The average Bonchev–Trinajstić information content (AvgIpc) is 3.58. The lowest BCUT2D eigenvalue weighted by Crippen LogP contribution is -2.29. The Hall–Kier alpha value is -4.91. The number of carbonyl (C=O) groups is 2. The van der Waals surface area contributed by atoms with E-state index in [2.05, 4.69) is 47.1 Å². The molecular formula is C25H20N8O2. The highest BCUT2D eigenvalue weighted by molar-refractivity contribution is 5.97. The Morgan fingerprint density at radius 1 is 1.09 bits per heavy atom. The topological polar surface area (TPSA) is 138 Å². The zero-order valence-electron chi connectivity index (χ0n) is 18.5. The van der Waals surface area contributed by atoms with Crippen molar-refractivity contribution in [1.29, 1.82) is 0 Å². The Kier molecular flexibility index (Phi) is 5.96. The van der Waals surface area contributed by atoms with E-state index in [0.29, 0.717) is 5.82 Å². The van der Waals surface area contributed by atoms with Gasteiger partial charge in [-0.25, -0.2) is 9.97 Å². The van der Waals surface area contributed by atoms with Crippen molar-refractivity contribution in [3.05, 3.63) is 88.5 Å². The van der Waals surface area contributed by atoms with Crippen molar-refractivity contribution in [3.8, 4) is 23.7 Å². The summed E-state index contributed by atoms with van der Waals surface area (Å²) in [6, 6.07) is 14.4. The molecule has 1 aliphatic carbocycles. The summed E-state index contributed by atoms with van der Waals surface area (Å²) in [7, 11) is 0. The normalized spacial score (nSPS) is 14.1. The molecule has 2 aromatic heterocycles. The van der Waals surface area contributed by atoms with Gasteiger partial charge in [0.05, 0.1) is 6.04 Å². The number of benzene rings is 2. The predicted octanol–water partition coefficient (Wildman–Crippen LogP) is 1.99. The van der Waals surface area contributed by atoms with E-state index in [4.69, 9.17) is 6.42 Å². The summed E-state index contributed by atoms with van der Waals surface area (Å²) in [6.45, 7) is 0.282. The number of hydrogen-bond donors (Lipinski definition) is 3. The van der Waals surface area contributed by atoms with Crippen LogP contribution in [0.3, 0.4) is 0 Å². The van der Waals surface area contributed by atoms with E-state index in [1.807, 2.05) is 42.5 Å². The third kappa shape index (κ3) is 4.74. The monoisotopic (exact) mass is 464 g/mol. The molecule has 2 aromatic carbocycles. The molecule has 5 rings (SSSR count). The molecule has 2 heterocycles. The Labute approximate surface area is 200 Å². The average molecular weight is 464 g/mol. The highest BCUT2D eigenvalue weighted by Crippen LogP contribution is 2.33. The number of amides is 2. The minimum Gasteiger partial charge on any atom is -0.347 e. The number of nitrogens with one attached hydrogen (secondary N) is 3. The molecule has 0 bridgehead atoms. The van der Waals surface area contributed by atoms with Crippen LogP contribution in [0, 0.1) is 12.3 Å². The van der Waals surface area contributed by atoms with Gasteiger partial charge in [-0.15, -0.1) is 16.6 Å². The molecule has 4 aromatic rings. The number of nitrogens with zero attached hydrogens (tertiary/aromatic N) is 5. The highest BCUT2D eigenvalue weighted by atomic mass is 16.2. The van der Waals surface area contributed by atoms with Gasteiger partial charge in [-0.3, -0.25) is 9.59 Å². The Morgan fingerprint density at radius 3 is 2.74 bits per heavy atom. The van der Waals surface area contributed by atoms with Crippen LogP contribution >= 0.6 is 0 Å². The maximum absolute atomic E-state index is 12.9. The van der Waals surface area contributed by atoms with Gasteiger partial charge in [0, 0.05) is 23.7 Å². The summed E-state index contributed by atoms with van der Waals surface area (Å²) in [5.41, 5.74) is 4.84. The second-order valence-electron chi connectivity index (χ2n) is 8.03. The maximum atomic E-state index is 12.9. The van der Waals surface area contributed by atoms with Gasteiger partial charge in [0.15, 0.2) is 0 Å². The van der Waals surface area contributed by atoms with Gasteiger partial charge in [-0.2, -0.15) is 5.21 Å². The molecule has 172 valence electrons. The van der Waals surface area contributed by atoms with Crippen molar-refractivity contribution in [2.45, 2.75) is 25.4 Å². The van der Waals surface area contributed by atoms with Crippen LogP contribution < -0.4 is 10.6 Å². The second-order valence-corrected chi connectivity index (χ2v) is 8.03. The van der Waals surface area contributed by atoms with Gasteiger partial charge in [-0.1, -0.05) is 30.2 Å². The number of carbonyl (C=O) groups excluding carboxylic acids is 2. The van der Waals surface area contributed by atoms with Gasteiger partial charge in [0.2, 0.25) is 5.82 Å². The van der Waals surface area contributed by atoms with E-state index < -0.39 is 5.91 Å². The molecule has 0 saturated carbocycles. The Morgan fingerprint density at radius 2 is 1.94 bits per heavy atom. The van der Waals surface area contributed by atoms with Crippen LogP contribution in [0.25, 0.3) is 11.4 Å². The number of aromatic nitrogens is 6. The molecule has 10 heteroatoms. The molecule has 35 heavy (non-hydrogen) atoms. The number of tetrazole rings is 1. The fraction of sp³-hybridized carbons (Fsp3) is 0.160. The van der Waals surface area contributed by atoms with Crippen molar-refractivity contribution in [2.24, 2.45) is 0 Å². The summed E-state index contributed by atoms with van der Waals surface area (Å²) >= 11 is 0. The van der Waals surface area contributed by atoms with Crippen LogP contribution in [-0.4, -0.2) is 42.4 Å². The van der Waals surface area contributed by atoms with Gasteiger partial charge in [0.25, 0.3) is 11.8 Å². The van der Waals surface area contributed by atoms with Crippen LogP contribution in [0.15, 0.2) is 54.9 Å². The van der Waals surface area contributed by atoms with E-state index in [9.17, 15) is 9.59 Å². The third-order valence-corrected chi connectivity index (χ3v) is 5.81. The van der Waals surface area contributed by atoms with Crippen molar-refractivity contribution in [1.82, 2.24) is 41.2 Å². The van der Waals surface area contributed by atoms with Gasteiger partial charge in [0.1, 0.15) is 17.7 Å². The maximum Gasteiger partial charge on any atom is 0.270 e. The van der Waals surface area contributed by atoms with Gasteiger partial charge < -0.3 is 10.6 Å². The first-order valence-electron chi connectivity index (χ1n) is 10.9. The summed E-state index contributed by atoms with van der Waals surface area (Å²) < 4.78 is 0.